The molecular formula is C13H18N2O. The van der Waals surface area contributed by atoms with Crippen LogP contribution in [0, 0.1) is 0 Å². The lowest BCUT2D eigenvalue weighted by Crippen LogP contribution is -2.35. The van der Waals surface area contributed by atoms with Gasteiger partial charge < -0.3 is 10.2 Å². The minimum Gasteiger partial charge on any atom is -0.318 e. The van der Waals surface area contributed by atoms with Crippen LogP contribution in [0.15, 0.2) is 24.3 Å². The molecular weight excluding hydrogens is 200 g/mol. The van der Waals surface area contributed by atoms with E-state index >= 15 is 0 Å². The molecule has 0 fully saturated rings. The summed E-state index contributed by atoms with van der Waals surface area (Å²) in [5, 5.41) is 3.09. The summed E-state index contributed by atoms with van der Waals surface area (Å²) in [6.07, 6.45) is 2.64. The van der Waals surface area contributed by atoms with Crippen LogP contribution in [0.25, 0.3) is 0 Å². The molecule has 0 radical (unpaired) electrons. The summed E-state index contributed by atoms with van der Waals surface area (Å²) < 4.78 is 0. The van der Waals surface area contributed by atoms with Crippen molar-refractivity contribution in [2.75, 3.05) is 25.0 Å². The normalized spacial score (nSPS) is 15.8. The number of carbonyl (C=O) groups is 1. The van der Waals surface area contributed by atoms with E-state index < -0.39 is 0 Å². The van der Waals surface area contributed by atoms with Crippen LogP contribution in [-0.2, 0) is 11.2 Å². The number of rotatable bonds is 3. The third-order valence-electron chi connectivity index (χ3n) is 3.01. The van der Waals surface area contributed by atoms with Gasteiger partial charge in [-0.05, 0) is 31.5 Å². The molecule has 3 heteroatoms. The van der Waals surface area contributed by atoms with Gasteiger partial charge in [0.1, 0.15) is 0 Å². The molecule has 0 saturated carbocycles. The molecule has 0 bridgehead atoms. The van der Waals surface area contributed by atoms with Gasteiger partial charge >= 0.3 is 0 Å². The molecule has 1 amide bonds. The fraction of sp³-hybridized carbons (Fsp3) is 0.462. The minimum absolute atomic E-state index is 0.250. The Kier molecular flexibility index (Phi) is 3.57. The van der Waals surface area contributed by atoms with Gasteiger partial charge in [0.15, 0.2) is 0 Å². The summed E-state index contributed by atoms with van der Waals surface area (Å²) in [6, 6.07) is 8.23. The van der Waals surface area contributed by atoms with Gasteiger partial charge in [-0.2, -0.15) is 0 Å². The van der Waals surface area contributed by atoms with Gasteiger partial charge in [-0.15, -0.1) is 0 Å². The fourth-order valence-corrected chi connectivity index (χ4v) is 2.15. The zero-order valence-electron chi connectivity index (χ0n) is 9.70. The van der Waals surface area contributed by atoms with Crippen molar-refractivity contribution >= 4 is 11.6 Å². The topological polar surface area (TPSA) is 32.3 Å². The minimum atomic E-state index is 0.250. The van der Waals surface area contributed by atoms with Crippen molar-refractivity contribution in [2.24, 2.45) is 0 Å². The van der Waals surface area contributed by atoms with Crippen LogP contribution in [0.1, 0.15) is 18.4 Å². The lowest BCUT2D eigenvalue weighted by Gasteiger charge is -2.22. The van der Waals surface area contributed by atoms with E-state index in [4.69, 9.17) is 0 Å². The van der Waals surface area contributed by atoms with Gasteiger partial charge in [-0.25, -0.2) is 0 Å². The molecule has 0 saturated heterocycles. The SMILES string of the molecule is CNCCN1C(=O)CCCc2ccccc21. The molecule has 3 nitrogen and oxygen atoms in total. The van der Waals surface area contributed by atoms with Gasteiger partial charge in [0, 0.05) is 25.2 Å². The average Bonchev–Trinajstić information content (AvgIpc) is 2.46. The highest BCUT2D eigenvalue weighted by Gasteiger charge is 2.20. The Morgan fingerprint density at radius 3 is 2.94 bits per heavy atom. The van der Waals surface area contributed by atoms with Crippen molar-refractivity contribution in [1.29, 1.82) is 0 Å². The zero-order chi connectivity index (χ0) is 11.4. The maximum absolute atomic E-state index is 12.0. The summed E-state index contributed by atoms with van der Waals surface area (Å²) in [6.45, 7) is 1.59. The molecule has 1 aliphatic heterocycles. The molecule has 1 heterocycles. The standard InChI is InChI=1S/C13H18N2O/c1-14-9-10-15-12-7-3-2-5-11(12)6-4-8-13(15)16/h2-3,5,7,14H,4,6,8-10H2,1H3. The lowest BCUT2D eigenvalue weighted by atomic mass is 10.1. The monoisotopic (exact) mass is 218 g/mol. The molecule has 1 aliphatic rings. The van der Waals surface area contributed by atoms with E-state index in [2.05, 4.69) is 11.4 Å². The molecule has 16 heavy (non-hydrogen) atoms. The van der Waals surface area contributed by atoms with E-state index in [0.29, 0.717) is 6.42 Å². The smallest absolute Gasteiger partial charge is 0.227 e. The number of anilines is 1. The van der Waals surface area contributed by atoms with E-state index in [1.165, 1.54) is 5.56 Å². The molecule has 0 aromatic heterocycles. The second kappa shape index (κ2) is 5.12. The van der Waals surface area contributed by atoms with Crippen LogP contribution in [0.4, 0.5) is 5.69 Å². The van der Waals surface area contributed by atoms with Crippen LogP contribution in [-0.4, -0.2) is 26.0 Å². The fourth-order valence-electron chi connectivity index (χ4n) is 2.15. The molecule has 0 unspecified atom stereocenters. The van der Waals surface area contributed by atoms with Gasteiger partial charge in [-0.1, -0.05) is 18.2 Å². The molecule has 0 spiro atoms. The Morgan fingerprint density at radius 1 is 1.31 bits per heavy atom. The Labute approximate surface area is 96.5 Å². The van der Waals surface area contributed by atoms with Crippen LogP contribution in [0.5, 0.6) is 0 Å². The number of hydrogen-bond donors (Lipinski definition) is 1. The number of carbonyl (C=O) groups excluding carboxylic acids is 1. The van der Waals surface area contributed by atoms with E-state index in [1.807, 2.05) is 30.1 Å². The maximum Gasteiger partial charge on any atom is 0.227 e. The first-order valence-corrected chi connectivity index (χ1v) is 5.86. The summed E-state index contributed by atoms with van der Waals surface area (Å²) >= 11 is 0. The second-order valence-electron chi connectivity index (χ2n) is 4.13. The van der Waals surface area contributed by atoms with Gasteiger partial charge in [0.05, 0.1) is 0 Å². The summed E-state index contributed by atoms with van der Waals surface area (Å²) in [7, 11) is 1.91. The van der Waals surface area contributed by atoms with Crippen molar-refractivity contribution in [2.45, 2.75) is 19.3 Å². The molecule has 86 valence electrons. The van der Waals surface area contributed by atoms with E-state index in [9.17, 15) is 4.79 Å². The van der Waals surface area contributed by atoms with E-state index in [1.54, 1.807) is 0 Å². The molecule has 0 aliphatic carbocycles. The Hall–Kier alpha value is -1.35. The number of nitrogens with zero attached hydrogens (tertiary/aromatic N) is 1. The van der Waals surface area contributed by atoms with Crippen molar-refractivity contribution in [3.63, 3.8) is 0 Å². The van der Waals surface area contributed by atoms with Gasteiger partial charge in [0.25, 0.3) is 0 Å². The predicted molar refractivity (Wildman–Crippen MR) is 65.7 cm³/mol. The Bertz CT molecular complexity index is 376. The first-order chi connectivity index (χ1) is 7.83. The number of fused-ring (bicyclic) bond motifs is 1. The Morgan fingerprint density at radius 2 is 2.12 bits per heavy atom. The number of benzene rings is 1. The number of hydrogen-bond acceptors (Lipinski definition) is 2. The number of para-hydroxylation sites is 1. The lowest BCUT2D eigenvalue weighted by molar-refractivity contribution is -0.118. The molecule has 1 N–H and O–H groups in total. The average molecular weight is 218 g/mol. The highest BCUT2D eigenvalue weighted by Crippen LogP contribution is 2.26. The van der Waals surface area contributed by atoms with Crippen LogP contribution in [0.3, 0.4) is 0 Å². The number of aryl methyl sites for hydroxylation is 1. The van der Waals surface area contributed by atoms with Crippen molar-refractivity contribution < 1.29 is 4.79 Å². The zero-order valence-corrected chi connectivity index (χ0v) is 9.70. The van der Waals surface area contributed by atoms with E-state index in [-0.39, 0.29) is 5.91 Å². The van der Waals surface area contributed by atoms with Crippen LogP contribution < -0.4 is 10.2 Å². The number of nitrogens with one attached hydrogen (secondary N) is 1. The molecule has 1 aromatic rings. The predicted octanol–water partition coefficient (Wildman–Crippen LogP) is 1.58. The maximum atomic E-state index is 12.0. The van der Waals surface area contributed by atoms with Gasteiger partial charge in [0.2, 0.25) is 5.91 Å². The summed E-state index contributed by atoms with van der Waals surface area (Å²) in [4.78, 5) is 13.9. The van der Waals surface area contributed by atoms with Crippen molar-refractivity contribution in [3.8, 4) is 0 Å². The summed E-state index contributed by atoms with van der Waals surface area (Å²) in [5.74, 6) is 0.250. The highest BCUT2D eigenvalue weighted by molar-refractivity contribution is 5.94. The first kappa shape index (κ1) is 11.1. The molecule has 2 rings (SSSR count). The van der Waals surface area contributed by atoms with E-state index in [0.717, 1.165) is 31.6 Å². The van der Waals surface area contributed by atoms with Crippen LogP contribution >= 0.6 is 0 Å². The van der Waals surface area contributed by atoms with Gasteiger partial charge in [-0.3, -0.25) is 4.79 Å². The highest BCUT2D eigenvalue weighted by atomic mass is 16.2. The molecule has 1 aromatic carbocycles. The van der Waals surface area contributed by atoms with Crippen LogP contribution in [0.2, 0.25) is 0 Å². The quantitative estimate of drug-likeness (QED) is 0.835. The second-order valence-corrected chi connectivity index (χ2v) is 4.13. The van der Waals surface area contributed by atoms with Crippen molar-refractivity contribution in [3.05, 3.63) is 29.8 Å². The Balaban J connectivity index is 2.28. The summed E-state index contributed by atoms with van der Waals surface area (Å²) in [5.41, 5.74) is 2.39. The largest absolute Gasteiger partial charge is 0.318 e. The first-order valence-electron chi connectivity index (χ1n) is 5.86. The number of likely N-dealkylation sites (N-methyl/N-ethyl adjacent to an activating group) is 1. The van der Waals surface area contributed by atoms with Crippen molar-refractivity contribution in [1.82, 2.24) is 5.32 Å². The molecule has 0 atom stereocenters. The number of amides is 1. The third kappa shape index (κ3) is 2.25. The third-order valence-corrected chi connectivity index (χ3v) is 3.01.